The minimum absolute atomic E-state index is 0.00957. The zero-order valence-corrected chi connectivity index (χ0v) is 17.1. The highest BCUT2D eigenvalue weighted by atomic mass is 32.2. The lowest BCUT2D eigenvalue weighted by Gasteiger charge is -2.53. The number of aliphatic hydroxyl groups excluding tert-OH is 2. The van der Waals surface area contributed by atoms with E-state index < -0.39 is 18.3 Å². The van der Waals surface area contributed by atoms with Gasteiger partial charge in [-0.3, -0.25) is 4.79 Å². The lowest BCUT2D eigenvalue weighted by atomic mass is 9.78. The summed E-state index contributed by atoms with van der Waals surface area (Å²) in [5.74, 6) is -1.31. The fourth-order valence-electron chi connectivity index (χ4n) is 4.91. The van der Waals surface area contributed by atoms with Gasteiger partial charge in [-0.25, -0.2) is 4.79 Å². The highest BCUT2D eigenvalue weighted by Crippen LogP contribution is 2.54. The highest BCUT2D eigenvalue weighted by molar-refractivity contribution is 8.03. The van der Waals surface area contributed by atoms with Gasteiger partial charge in [-0.05, 0) is 26.2 Å². The second-order valence-electron chi connectivity index (χ2n) is 8.27. The van der Waals surface area contributed by atoms with Crippen LogP contribution in [0.3, 0.4) is 0 Å². The van der Waals surface area contributed by atoms with Gasteiger partial charge < -0.3 is 25.1 Å². The Hall–Kier alpha value is -1.25. The van der Waals surface area contributed by atoms with Crippen LogP contribution in [0.25, 0.3) is 0 Å². The van der Waals surface area contributed by atoms with Gasteiger partial charge in [0.05, 0.1) is 12.0 Å². The Morgan fingerprint density at radius 1 is 1.30 bits per heavy atom. The van der Waals surface area contributed by atoms with Crippen molar-refractivity contribution < 1.29 is 24.9 Å². The lowest BCUT2D eigenvalue weighted by Crippen LogP contribution is -2.66. The Morgan fingerprint density at radius 2 is 1.96 bits per heavy atom. The summed E-state index contributed by atoms with van der Waals surface area (Å²) >= 11 is 1.56. The van der Waals surface area contributed by atoms with Gasteiger partial charge in [0.25, 0.3) is 0 Å². The number of carbonyl (C=O) groups excluding carboxylic acids is 1. The van der Waals surface area contributed by atoms with Gasteiger partial charge in [0.1, 0.15) is 11.9 Å². The molecule has 0 bridgehead atoms. The normalized spacial score (nSPS) is 36.9. The summed E-state index contributed by atoms with van der Waals surface area (Å²) in [6, 6.07) is -0.184. The molecule has 0 aromatic heterocycles. The number of carboxylic acid groups (broad SMARTS) is 1. The number of aliphatic carboxylic acids is 1. The average molecular weight is 399 g/mol. The van der Waals surface area contributed by atoms with Gasteiger partial charge in [0.15, 0.2) is 0 Å². The molecule has 2 aliphatic heterocycles. The zero-order valence-electron chi connectivity index (χ0n) is 16.3. The summed E-state index contributed by atoms with van der Waals surface area (Å²) in [5, 5.41) is 30.3. The maximum Gasteiger partial charge on any atom is 0.353 e. The number of aliphatic hydroxyl groups is 2. The van der Waals surface area contributed by atoms with Gasteiger partial charge in [-0.2, -0.15) is 0 Å². The number of rotatable bonds is 5. The highest BCUT2D eigenvalue weighted by Gasteiger charge is 2.59. The van der Waals surface area contributed by atoms with Crippen molar-refractivity contribution >= 4 is 23.6 Å². The number of nitrogens with zero attached hydrogens (tertiary/aromatic N) is 2. The predicted octanol–water partition coefficient (Wildman–Crippen LogP) is 1.31. The van der Waals surface area contributed by atoms with Crippen molar-refractivity contribution in [3.8, 4) is 0 Å². The minimum atomic E-state index is -1.04. The standard InChI is InChI=1S/C19H30N2O5S/c1-9-14-13(10(2)22)18(24)21(14)15(19(25)26)16(9)27-12-7-5-6-11(8-12)17(23)20(3)4/h9-14,18,22,24H,5-8H2,1-4H3,(H,25,26). The zero-order chi connectivity index (χ0) is 20.0. The summed E-state index contributed by atoms with van der Waals surface area (Å²) in [6.07, 6.45) is 1.89. The molecule has 2 fully saturated rings. The van der Waals surface area contributed by atoms with Crippen molar-refractivity contribution in [1.29, 1.82) is 0 Å². The largest absolute Gasteiger partial charge is 0.477 e. The molecule has 0 aromatic carbocycles. The van der Waals surface area contributed by atoms with Gasteiger partial charge in [0.2, 0.25) is 5.91 Å². The lowest BCUT2D eigenvalue weighted by molar-refractivity contribution is -0.192. The second kappa shape index (κ2) is 7.64. The van der Waals surface area contributed by atoms with E-state index >= 15 is 0 Å². The molecule has 1 saturated carbocycles. The minimum Gasteiger partial charge on any atom is -0.477 e. The molecule has 0 radical (unpaired) electrons. The Bertz CT molecular complexity index is 650. The van der Waals surface area contributed by atoms with Crippen LogP contribution in [0.5, 0.6) is 0 Å². The number of hydrogen-bond donors (Lipinski definition) is 3. The first-order valence-electron chi connectivity index (χ1n) is 9.64. The number of amides is 1. The summed E-state index contributed by atoms with van der Waals surface area (Å²) in [4.78, 5) is 28.2. The maximum atomic E-state index is 12.3. The third-order valence-corrected chi connectivity index (χ3v) is 7.81. The Balaban J connectivity index is 1.79. The van der Waals surface area contributed by atoms with Crippen LogP contribution >= 0.6 is 11.8 Å². The van der Waals surface area contributed by atoms with Crippen molar-refractivity contribution in [1.82, 2.24) is 9.80 Å². The molecular formula is C19H30N2O5S. The van der Waals surface area contributed by atoms with E-state index in [9.17, 15) is 24.9 Å². The molecule has 27 heavy (non-hydrogen) atoms. The summed E-state index contributed by atoms with van der Waals surface area (Å²) < 4.78 is 0. The van der Waals surface area contributed by atoms with Crippen LogP contribution in [-0.2, 0) is 9.59 Å². The van der Waals surface area contributed by atoms with Gasteiger partial charge in [-0.15, -0.1) is 11.8 Å². The number of hydrogen-bond acceptors (Lipinski definition) is 6. The van der Waals surface area contributed by atoms with Gasteiger partial charge in [-0.1, -0.05) is 13.3 Å². The van der Waals surface area contributed by atoms with Gasteiger partial charge >= 0.3 is 5.97 Å². The van der Waals surface area contributed by atoms with E-state index in [0.29, 0.717) is 0 Å². The van der Waals surface area contributed by atoms with Gasteiger partial charge in [0, 0.05) is 42.1 Å². The molecule has 3 aliphatic rings. The summed E-state index contributed by atoms with van der Waals surface area (Å²) in [7, 11) is 3.54. The van der Waals surface area contributed by atoms with Crippen molar-refractivity contribution in [2.75, 3.05) is 14.1 Å². The first-order valence-corrected chi connectivity index (χ1v) is 10.5. The smallest absolute Gasteiger partial charge is 0.353 e. The third-order valence-electron chi connectivity index (χ3n) is 6.23. The molecule has 1 saturated heterocycles. The molecule has 7 unspecified atom stereocenters. The molecule has 3 N–H and O–H groups in total. The van der Waals surface area contributed by atoms with E-state index in [4.69, 9.17) is 0 Å². The van der Waals surface area contributed by atoms with E-state index in [0.717, 1.165) is 30.6 Å². The molecule has 0 aromatic rings. The Morgan fingerprint density at radius 3 is 2.52 bits per heavy atom. The van der Waals surface area contributed by atoms with Crippen molar-refractivity contribution in [3.63, 3.8) is 0 Å². The number of carbonyl (C=O) groups is 2. The van der Waals surface area contributed by atoms with Crippen LogP contribution in [0.1, 0.15) is 39.5 Å². The van der Waals surface area contributed by atoms with E-state index in [1.165, 1.54) is 0 Å². The fraction of sp³-hybridized carbons (Fsp3) is 0.789. The van der Waals surface area contributed by atoms with Crippen LogP contribution < -0.4 is 0 Å². The number of thioether (sulfide) groups is 1. The predicted molar refractivity (Wildman–Crippen MR) is 103 cm³/mol. The first kappa shape index (κ1) is 20.5. The quantitative estimate of drug-likeness (QED) is 0.642. The molecule has 8 heteroatoms. The van der Waals surface area contributed by atoms with Crippen LogP contribution in [0.15, 0.2) is 10.6 Å². The Labute approximate surface area is 164 Å². The third kappa shape index (κ3) is 3.47. The van der Waals surface area contributed by atoms with Crippen LogP contribution in [0, 0.1) is 17.8 Å². The van der Waals surface area contributed by atoms with Crippen LogP contribution in [-0.4, -0.2) is 74.7 Å². The molecule has 3 rings (SSSR count). The molecule has 7 atom stereocenters. The van der Waals surface area contributed by atoms with Crippen LogP contribution in [0.2, 0.25) is 0 Å². The molecule has 2 heterocycles. The first-order chi connectivity index (χ1) is 12.6. The maximum absolute atomic E-state index is 12.3. The second-order valence-corrected chi connectivity index (χ2v) is 9.61. The molecular weight excluding hydrogens is 368 g/mol. The summed E-state index contributed by atoms with van der Waals surface area (Å²) in [5.41, 5.74) is 0.169. The molecule has 0 spiro atoms. The number of fused-ring (bicyclic) bond motifs is 1. The average Bonchev–Trinajstić information content (AvgIpc) is 2.83. The van der Waals surface area contributed by atoms with Crippen LogP contribution in [0.4, 0.5) is 0 Å². The van der Waals surface area contributed by atoms with Crippen molar-refractivity contribution in [2.24, 2.45) is 17.8 Å². The van der Waals surface area contributed by atoms with E-state index in [1.54, 1.807) is 42.6 Å². The van der Waals surface area contributed by atoms with E-state index in [2.05, 4.69) is 0 Å². The Kier molecular flexibility index (Phi) is 5.80. The molecule has 7 nitrogen and oxygen atoms in total. The fourth-order valence-corrected chi connectivity index (χ4v) is 6.54. The SMILES string of the molecule is CC(O)C1C(O)N2C(C(=O)O)=C(SC3CCCC(C(=O)N(C)C)C3)C(C)C12. The van der Waals surface area contributed by atoms with E-state index in [-0.39, 0.29) is 40.6 Å². The molecule has 152 valence electrons. The summed E-state index contributed by atoms with van der Waals surface area (Å²) in [6.45, 7) is 3.62. The van der Waals surface area contributed by atoms with Crippen molar-refractivity contribution in [2.45, 2.75) is 63.2 Å². The number of carboxylic acids is 1. The molecule has 1 aliphatic carbocycles. The topological polar surface area (TPSA) is 101 Å². The molecule has 1 amide bonds. The van der Waals surface area contributed by atoms with Crippen molar-refractivity contribution in [3.05, 3.63) is 10.6 Å². The van der Waals surface area contributed by atoms with E-state index in [1.807, 2.05) is 6.92 Å². The monoisotopic (exact) mass is 398 g/mol.